The Morgan fingerprint density at radius 1 is 1.21 bits per heavy atom. The van der Waals surface area contributed by atoms with Crippen molar-refractivity contribution >= 4 is 28.9 Å². The standard InChI is InChI=1S/C14H14Cl2N2O/c1-2-18-9-12(5-6-14(18)19)17-8-10-3-4-11(15)7-13(10)16/h3-7,9,17H,2,8H2,1H3. The van der Waals surface area contributed by atoms with Gasteiger partial charge in [0.1, 0.15) is 0 Å². The Balaban J connectivity index is 2.12. The molecule has 0 aliphatic carbocycles. The lowest BCUT2D eigenvalue weighted by Gasteiger charge is -2.10. The van der Waals surface area contributed by atoms with Crippen molar-refractivity contribution in [3.8, 4) is 0 Å². The van der Waals surface area contributed by atoms with E-state index in [9.17, 15) is 4.79 Å². The average molecular weight is 297 g/mol. The van der Waals surface area contributed by atoms with E-state index in [1.165, 1.54) is 0 Å². The van der Waals surface area contributed by atoms with Crippen LogP contribution in [0.25, 0.3) is 0 Å². The number of aromatic nitrogens is 1. The van der Waals surface area contributed by atoms with Crippen LogP contribution in [0, 0.1) is 0 Å². The summed E-state index contributed by atoms with van der Waals surface area (Å²) in [5.41, 5.74) is 1.84. The van der Waals surface area contributed by atoms with Crippen LogP contribution in [0.15, 0.2) is 41.3 Å². The number of hydrogen-bond acceptors (Lipinski definition) is 2. The molecule has 0 atom stereocenters. The zero-order valence-electron chi connectivity index (χ0n) is 10.5. The van der Waals surface area contributed by atoms with E-state index in [0.717, 1.165) is 11.3 Å². The first-order chi connectivity index (χ1) is 9.10. The Hall–Kier alpha value is -1.45. The summed E-state index contributed by atoms with van der Waals surface area (Å²) in [5.74, 6) is 0. The predicted molar refractivity (Wildman–Crippen MR) is 80.2 cm³/mol. The summed E-state index contributed by atoms with van der Waals surface area (Å²) in [4.78, 5) is 11.5. The molecule has 0 bridgehead atoms. The number of pyridine rings is 1. The van der Waals surface area contributed by atoms with Gasteiger partial charge in [0.2, 0.25) is 0 Å². The number of anilines is 1. The summed E-state index contributed by atoms with van der Waals surface area (Å²) in [6.07, 6.45) is 1.80. The third-order valence-electron chi connectivity index (χ3n) is 2.82. The molecule has 0 amide bonds. The Morgan fingerprint density at radius 3 is 2.68 bits per heavy atom. The molecule has 19 heavy (non-hydrogen) atoms. The van der Waals surface area contributed by atoms with Crippen LogP contribution in [-0.2, 0) is 13.1 Å². The number of benzene rings is 1. The smallest absolute Gasteiger partial charge is 0.250 e. The van der Waals surface area contributed by atoms with Gasteiger partial charge >= 0.3 is 0 Å². The van der Waals surface area contributed by atoms with E-state index in [1.54, 1.807) is 35.0 Å². The highest BCUT2D eigenvalue weighted by Gasteiger charge is 2.02. The van der Waals surface area contributed by atoms with Crippen LogP contribution in [-0.4, -0.2) is 4.57 Å². The van der Waals surface area contributed by atoms with Crippen molar-refractivity contribution in [3.05, 3.63) is 62.5 Å². The SMILES string of the molecule is CCn1cc(NCc2ccc(Cl)cc2Cl)ccc1=O. The second kappa shape index (κ2) is 6.13. The zero-order chi connectivity index (χ0) is 13.8. The van der Waals surface area contributed by atoms with Gasteiger partial charge in [-0.25, -0.2) is 0 Å². The highest BCUT2D eigenvalue weighted by molar-refractivity contribution is 6.35. The first kappa shape index (κ1) is 14.0. The van der Waals surface area contributed by atoms with Crippen LogP contribution in [0.1, 0.15) is 12.5 Å². The van der Waals surface area contributed by atoms with Crippen molar-refractivity contribution < 1.29 is 0 Å². The maximum absolute atomic E-state index is 11.5. The van der Waals surface area contributed by atoms with Crippen LogP contribution in [0.5, 0.6) is 0 Å². The molecule has 0 radical (unpaired) electrons. The molecule has 0 saturated carbocycles. The van der Waals surface area contributed by atoms with E-state index in [-0.39, 0.29) is 5.56 Å². The lowest BCUT2D eigenvalue weighted by molar-refractivity contribution is 0.727. The quantitative estimate of drug-likeness (QED) is 0.931. The minimum atomic E-state index is -0.00225. The van der Waals surface area contributed by atoms with Crippen molar-refractivity contribution in [1.29, 1.82) is 0 Å². The van der Waals surface area contributed by atoms with Gasteiger partial charge in [-0.2, -0.15) is 0 Å². The molecular formula is C14H14Cl2N2O. The van der Waals surface area contributed by atoms with Gasteiger partial charge in [-0.1, -0.05) is 29.3 Å². The highest BCUT2D eigenvalue weighted by atomic mass is 35.5. The normalized spacial score (nSPS) is 10.5. The monoisotopic (exact) mass is 296 g/mol. The molecule has 1 N–H and O–H groups in total. The van der Waals surface area contributed by atoms with Crippen LogP contribution < -0.4 is 10.9 Å². The fraction of sp³-hybridized carbons (Fsp3) is 0.214. The summed E-state index contributed by atoms with van der Waals surface area (Å²) < 4.78 is 1.64. The highest BCUT2D eigenvalue weighted by Crippen LogP contribution is 2.21. The molecule has 5 heteroatoms. The number of rotatable bonds is 4. The minimum Gasteiger partial charge on any atom is -0.380 e. The number of hydrogen-bond donors (Lipinski definition) is 1. The third kappa shape index (κ3) is 3.52. The second-order valence-electron chi connectivity index (χ2n) is 4.13. The maximum Gasteiger partial charge on any atom is 0.250 e. The van der Waals surface area contributed by atoms with Crippen LogP contribution >= 0.6 is 23.2 Å². The van der Waals surface area contributed by atoms with E-state index in [2.05, 4.69) is 5.32 Å². The Bertz CT molecular complexity index is 638. The number of aryl methyl sites for hydroxylation is 1. The Labute approximate surface area is 121 Å². The van der Waals surface area contributed by atoms with Gasteiger partial charge in [0.15, 0.2) is 0 Å². The largest absolute Gasteiger partial charge is 0.380 e. The molecule has 2 aromatic rings. The van der Waals surface area contributed by atoms with Crippen molar-refractivity contribution in [2.75, 3.05) is 5.32 Å². The molecule has 1 heterocycles. The first-order valence-electron chi connectivity index (χ1n) is 5.98. The van der Waals surface area contributed by atoms with E-state index in [1.807, 2.05) is 13.0 Å². The predicted octanol–water partition coefficient (Wildman–Crippen LogP) is 3.79. The Morgan fingerprint density at radius 2 is 2.00 bits per heavy atom. The van der Waals surface area contributed by atoms with Crippen LogP contribution in [0.2, 0.25) is 10.0 Å². The molecule has 0 aliphatic rings. The fourth-order valence-corrected chi connectivity index (χ4v) is 2.22. The molecule has 1 aromatic carbocycles. The summed E-state index contributed by atoms with van der Waals surface area (Å²) in [6, 6.07) is 8.71. The summed E-state index contributed by atoms with van der Waals surface area (Å²) in [6.45, 7) is 3.16. The van der Waals surface area contributed by atoms with Crippen molar-refractivity contribution in [2.45, 2.75) is 20.0 Å². The summed E-state index contributed by atoms with van der Waals surface area (Å²) in [7, 11) is 0. The molecule has 2 rings (SSSR count). The number of halogens is 2. The minimum absolute atomic E-state index is 0.00225. The maximum atomic E-state index is 11.5. The molecule has 0 spiro atoms. The van der Waals surface area contributed by atoms with Crippen molar-refractivity contribution in [2.24, 2.45) is 0 Å². The van der Waals surface area contributed by atoms with Gasteiger partial charge in [0.25, 0.3) is 5.56 Å². The summed E-state index contributed by atoms with van der Waals surface area (Å²) in [5, 5.41) is 4.48. The molecule has 0 aliphatic heterocycles. The van der Waals surface area contributed by atoms with Gasteiger partial charge < -0.3 is 9.88 Å². The Kier molecular flexibility index (Phi) is 4.51. The topological polar surface area (TPSA) is 34.0 Å². The lowest BCUT2D eigenvalue weighted by Crippen LogP contribution is -2.17. The fourth-order valence-electron chi connectivity index (χ4n) is 1.75. The van der Waals surface area contributed by atoms with E-state index in [4.69, 9.17) is 23.2 Å². The molecular weight excluding hydrogens is 283 g/mol. The van der Waals surface area contributed by atoms with Gasteiger partial charge in [-0.3, -0.25) is 4.79 Å². The van der Waals surface area contributed by atoms with Gasteiger partial charge in [0, 0.05) is 35.4 Å². The molecule has 3 nitrogen and oxygen atoms in total. The lowest BCUT2D eigenvalue weighted by atomic mass is 10.2. The molecule has 100 valence electrons. The molecule has 1 aromatic heterocycles. The number of nitrogens with zero attached hydrogens (tertiary/aromatic N) is 1. The van der Waals surface area contributed by atoms with Crippen LogP contribution in [0.3, 0.4) is 0 Å². The van der Waals surface area contributed by atoms with Crippen molar-refractivity contribution in [1.82, 2.24) is 4.57 Å². The van der Waals surface area contributed by atoms with Gasteiger partial charge in [0.05, 0.1) is 5.69 Å². The first-order valence-corrected chi connectivity index (χ1v) is 6.74. The molecule has 0 saturated heterocycles. The van der Waals surface area contributed by atoms with Gasteiger partial charge in [-0.15, -0.1) is 0 Å². The van der Waals surface area contributed by atoms with E-state index < -0.39 is 0 Å². The van der Waals surface area contributed by atoms with E-state index >= 15 is 0 Å². The third-order valence-corrected chi connectivity index (χ3v) is 3.41. The molecule has 0 fully saturated rings. The second-order valence-corrected chi connectivity index (χ2v) is 4.97. The molecule has 0 unspecified atom stereocenters. The van der Waals surface area contributed by atoms with Crippen LogP contribution in [0.4, 0.5) is 5.69 Å². The van der Waals surface area contributed by atoms with Crippen molar-refractivity contribution in [3.63, 3.8) is 0 Å². The van der Waals surface area contributed by atoms with Gasteiger partial charge in [-0.05, 0) is 30.7 Å². The average Bonchev–Trinajstić information content (AvgIpc) is 2.39. The zero-order valence-corrected chi connectivity index (χ0v) is 12.0. The van der Waals surface area contributed by atoms with E-state index in [0.29, 0.717) is 23.1 Å². The number of nitrogens with one attached hydrogen (secondary N) is 1. The summed E-state index contributed by atoms with van der Waals surface area (Å²) >= 11 is 11.9.